The first kappa shape index (κ1) is 30.4. The quantitative estimate of drug-likeness (QED) is 0.113. The maximum absolute atomic E-state index is 11.8. The molecule has 0 rings (SSSR count). The maximum atomic E-state index is 11.8. The number of carbonyl (C=O) groups is 2. The van der Waals surface area contributed by atoms with E-state index in [1.165, 1.54) is 51.4 Å². The van der Waals surface area contributed by atoms with Crippen molar-refractivity contribution >= 4 is 11.8 Å². The van der Waals surface area contributed by atoms with Gasteiger partial charge in [-0.05, 0) is 51.4 Å². The van der Waals surface area contributed by atoms with Crippen molar-refractivity contribution in [2.45, 2.75) is 128 Å². The molecule has 0 saturated heterocycles. The molecule has 0 radical (unpaired) electrons. The van der Waals surface area contributed by atoms with E-state index in [2.05, 4.69) is 23.8 Å². The van der Waals surface area contributed by atoms with Crippen LogP contribution in [0, 0.1) is 0 Å². The molecule has 0 unspecified atom stereocenters. The molecule has 0 atom stereocenters. The number of allylic oxidation sites excluding steroid dienone is 2. The van der Waals surface area contributed by atoms with Crippen LogP contribution < -0.4 is 10.6 Å². The summed E-state index contributed by atoms with van der Waals surface area (Å²) in [6.07, 6.45) is 26.2. The molecule has 2 amide bonds. The molecule has 0 aliphatic heterocycles. The van der Waals surface area contributed by atoms with Crippen LogP contribution in [0.1, 0.15) is 128 Å². The molecule has 0 fully saturated rings. The lowest BCUT2D eigenvalue weighted by Gasteiger charge is -2.07. The lowest BCUT2D eigenvalue weighted by Crippen LogP contribution is -2.24. The first-order chi connectivity index (χ1) is 15.7. The van der Waals surface area contributed by atoms with Gasteiger partial charge in [-0.2, -0.15) is 0 Å². The predicted molar refractivity (Wildman–Crippen MR) is 139 cm³/mol. The van der Waals surface area contributed by atoms with Gasteiger partial charge in [0.25, 0.3) is 0 Å². The molecule has 0 bridgehead atoms. The molecule has 2 N–H and O–H groups in total. The number of nitrogens with one attached hydrogen (secondary N) is 2. The molecule has 0 heterocycles. The summed E-state index contributed by atoms with van der Waals surface area (Å²) in [6, 6.07) is 0. The van der Waals surface area contributed by atoms with Gasteiger partial charge in [-0.15, -0.1) is 13.2 Å². The Labute approximate surface area is 199 Å². The third-order valence-electron chi connectivity index (χ3n) is 5.87. The zero-order valence-electron chi connectivity index (χ0n) is 20.9. The zero-order valence-corrected chi connectivity index (χ0v) is 20.9. The van der Waals surface area contributed by atoms with E-state index in [9.17, 15) is 9.59 Å². The topological polar surface area (TPSA) is 58.2 Å². The highest BCUT2D eigenvalue weighted by molar-refractivity contribution is 5.76. The Morgan fingerprint density at radius 2 is 0.781 bits per heavy atom. The Bertz CT molecular complexity index is 420. The number of rotatable bonds is 25. The minimum Gasteiger partial charge on any atom is -0.356 e. The molecule has 0 aromatic heterocycles. The molecule has 0 aromatic rings. The minimum absolute atomic E-state index is 0.195. The second kappa shape index (κ2) is 25.7. The van der Waals surface area contributed by atoms with Crippen LogP contribution in [0.3, 0.4) is 0 Å². The summed E-state index contributed by atoms with van der Waals surface area (Å²) in [4.78, 5) is 23.7. The van der Waals surface area contributed by atoms with E-state index in [-0.39, 0.29) is 11.8 Å². The molecular weight excluding hydrogens is 396 g/mol. The zero-order chi connectivity index (χ0) is 23.5. The fraction of sp³-hybridized carbons (Fsp3) is 0.786. The molecule has 4 nitrogen and oxygen atoms in total. The average Bonchev–Trinajstić information content (AvgIpc) is 2.79. The van der Waals surface area contributed by atoms with Gasteiger partial charge in [0.05, 0.1) is 0 Å². The molecule has 186 valence electrons. The van der Waals surface area contributed by atoms with Crippen LogP contribution in [0.4, 0.5) is 0 Å². The van der Waals surface area contributed by atoms with Crippen LogP contribution in [0.2, 0.25) is 0 Å². The average molecular weight is 449 g/mol. The summed E-state index contributed by atoms with van der Waals surface area (Å²) in [5.41, 5.74) is 0. The van der Waals surface area contributed by atoms with E-state index < -0.39 is 0 Å². The Kier molecular flexibility index (Phi) is 24.4. The van der Waals surface area contributed by atoms with Gasteiger partial charge in [-0.25, -0.2) is 0 Å². The lowest BCUT2D eigenvalue weighted by molar-refractivity contribution is -0.122. The summed E-state index contributed by atoms with van der Waals surface area (Å²) >= 11 is 0. The van der Waals surface area contributed by atoms with Gasteiger partial charge in [0.15, 0.2) is 0 Å². The second-order valence-electron chi connectivity index (χ2n) is 9.01. The van der Waals surface area contributed by atoms with E-state index in [1.54, 1.807) is 0 Å². The molecule has 0 aromatic carbocycles. The fourth-order valence-corrected chi connectivity index (χ4v) is 3.80. The van der Waals surface area contributed by atoms with Crippen molar-refractivity contribution in [3.63, 3.8) is 0 Å². The first-order valence-electron chi connectivity index (χ1n) is 13.5. The predicted octanol–water partition coefficient (Wildman–Crippen LogP) is 7.39. The highest BCUT2D eigenvalue weighted by Gasteiger charge is 2.02. The van der Waals surface area contributed by atoms with Crippen LogP contribution in [0.25, 0.3) is 0 Å². The van der Waals surface area contributed by atoms with E-state index in [1.807, 2.05) is 12.2 Å². The van der Waals surface area contributed by atoms with E-state index >= 15 is 0 Å². The van der Waals surface area contributed by atoms with E-state index in [0.717, 1.165) is 77.3 Å². The molecule has 32 heavy (non-hydrogen) atoms. The van der Waals surface area contributed by atoms with Crippen molar-refractivity contribution in [2.75, 3.05) is 13.1 Å². The van der Waals surface area contributed by atoms with Crippen molar-refractivity contribution in [3.8, 4) is 0 Å². The molecular formula is C28H52N2O2. The molecule has 0 saturated carbocycles. The molecule has 0 aliphatic rings. The van der Waals surface area contributed by atoms with Gasteiger partial charge >= 0.3 is 0 Å². The summed E-state index contributed by atoms with van der Waals surface area (Å²) < 4.78 is 0. The Hall–Kier alpha value is -1.58. The highest BCUT2D eigenvalue weighted by atomic mass is 16.2. The number of hydrogen-bond donors (Lipinski definition) is 2. The van der Waals surface area contributed by atoms with Gasteiger partial charge < -0.3 is 10.6 Å². The van der Waals surface area contributed by atoms with Gasteiger partial charge in [-0.1, -0.05) is 76.4 Å². The normalized spacial score (nSPS) is 10.6. The number of carbonyl (C=O) groups excluding carboxylic acids is 2. The Balaban J connectivity index is 3.27. The minimum atomic E-state index is 0.195. The summed E-state index contributed by atoms with van der Waals surface area (Å²) in [5, 5.41) is 6.07. The Morgan fingerprint density at radius 3 is 1.16 bits per heavy atom. The monoisotopic (exact) mass is 448 g/mol. The van der Waals surface area contributed by atoms with Crippen LogP contribution in [0.5, 0.6) is 0 Å². The van der Waals surface area contributed by atoms with Crippen LogP contribution in [0.15, 0.2) is 25.3 Å². The lowest BCUT2D eigenvalue weighted by atomic mass is 10.1. The Morgan fingerprint density at radius 1 is 0.469 bits per heavy atom. The largest absolute Gasteiger partial charge is 0.356 e. The highest BCUT2D eigenvalue weighted by Crippen LogP contribution is 2.10. The van der Waals surface area contributed by atoms with Crippen molar-refractivity contribution < 1.29 is 9.59 Å². The summed E-state index contributed by atoms with van der Waals surface area (Å²) in [5.74, 6) is 0.390. The standard InChI is InChI=1S/C28H52N2O2/c1-3-5-7-9-11-13-15-19-23-27(31)29-25-21-17-18-22-26-30-28(32)24-20-16-14-12-10-8-6-4-2/h3-4H,1-2,5-26H2,(H,29,31)(H,30,32). The maximum Gasteiger partial charge on any atom is 0.219 e. The SMILES string of the molecule is C=CCCCCCCCCC(=O)NCCCCCCNC(=O)CCCCCCCCC=C. The summed E-state index contributed by atoms with van der Waals surface area (Å²) in [6.45, 7) is 9.04. The van der Waals surface area contributed by atoms with Crippen LogP contribution in [-0.4, -0.2) is 24.9 Å². The van der Waals surface area contributed by atoms with Gasteiger partial charge in [0.1, 0.15) is 0 Å². The smallest absolute Gasteiger partial charge is 0.219 e. The van der Waals surface area contributed by atoms with Crippen molar-refractivity contribution in [2.24, 2.45) is 0 Å². The van der Waals surface area contributed by atoms with Gasteiger partial charge in [0.2, 0.25) is 11.8 Å². The third-order valence-corrected chi connectivity index (χ3v) is 5.87. The van der Waals surface area contributed by atoms with Gasteiger partial charge in [-0.3, -0.25) is 9.59 Å². The molecule has 0 aliphatic carbocycles. The second-order valence-corrected chi connectivity index (χ2v) is 9.01. The first-order valence-corrected chi connectivity index (χ1v) is 13.5. The number of hydrogen-bond acceptors (Lipinski definition) is 2. The number of amides is 2. The van der Waals surface area contributed by atoms with Crippen LogP contribution >= 0.6 is 0 Å². The van der Waals surface area contributed by atoms with Crippen molar-refractivity contribution in [1.29, 1.82) is 0 Å². The summed E-state index contributed by atoms with van der Waals surface area (Å²) in [7, 11) is 0. The van der Waals surface area contributed by atoms with Crippen molar-refractivity contribution in [1.82, 2.24) is 10.6 Å². The molecule has 4 heteroatoms. The van der Waals surface area contributed by atoms with E-state index in [4.69, 9.17) is 0 Å². The van der Waals surface area contributed by atoms with Crippen LogP contribution in [-0.2, 0) is 9.59 Å². The third kappa shape index (κ3) is 24.7. The fourth-order valence-electron chi connectivity index (χ4n) is 3.80. The van der Waals surface area contributed by atoms with Crippen molar-refractivity contribution in [3.05, 3.63) is 25.3 Å². The molecule has 0 spiro atoms. The van der Waals surface area contributed by atoms with Gasteiger partial charge in [0, 0.05) is 25.9 Å². The van der Waals surface area contributed by atoms with E-state index in [0.29, 0.717) is 12.8 Å². The number of unbranched alkanes of at least 4 members (excludes halogenated alkanes) is 15.